The zero-order valence-electron chi connectivity index (χ0n) is 29.8. The van der Waals surface area contributed by atoms with Crippen LogP contribution in [0.4, 0.5) is 4.79 Å². The van der Waals surface area contributed by atoms with Gasteiger partial charge in [0, 0.05) is 13.0 Å². The average molecular weight is 680 g/mol. The van der Waals surface area contributed by atoms with Crippen molar-refractivity contribution in [1.29, 1.82) is 0 Å². The van der Waals surface area contributed by atoms with Gasteiger partial charge in [0.1, 0.15) is 42.1 Å². The third-order valence-corrected chi connectivity index (χ3v) is 8.05. The molecule has 1 saturated heterocycles. The summed E-state index contributed by atoms with van der Waals surface area (Å²) in [6.45, 7) is 13.3. The fraction of sp³-hybridized carbons (Fsp3) is 0.541. The van der Waals surface area contributed by atoms with Crippen molar-refractivity contribution in [1.82, 2.24) is 20.9 Å². The van der Waals surface area contributed by atoms with E-state index in [-0.39, 0.29) is 24.2 Å². The topological polar surface area (TPSA) is 169 Å². The average Bonchev–Trinajstić information content (AvgIpc) is 3.52. The first-order valence-corrected chi connectivity index (χ1v) is 17.0. The number of carbonyl (C=O) groups excluding carboxylic acids is 5. The van der Waals surface area contributed by atoms with Crippen LogP contribution >= 0.6 is 0 Å². The van der Waals surface area contributed by atoms with E-state index < -0.39 is 53.6 Å². The second kappa shape index (κ2) is 17.7. The van der Waals surface area contributed by atoms with Crippen molar-refractivity contribution in [2.75, 3.05) is 6.54 Å². The Morgan fingerprint density at radius 1 is 0.857 bits per heavy atom. The summed E-state index contributed by atoms with van der Waals surface area (Å²) in [6, 6.07) is 13.2. The van der Waals surface area contributed by atoms with E-state index in [1.165, 1.54) is 4.90 Å². The Bertz CT molecular complexity index is 1420. The van der Waals surface area contributed by atoms with Crippen molar-refractivity contribution >= 4 is 29.7 Å². The zero-order chi connectivity index (χ0) is 36.3. The number of hydrogen-bond acceptors (Lipinski definition) is 7. The highest BCUT2D eigenvalue weighted by Gasteiger charge is 2.38. The Morgan fingerprint density at radius 2 is 1.51 bits per heavy atom. The molecule has 1 aliphatic rings. The lowest BCUT2D eigenvalue weighted by Crippen LogP contribution is -2.59. The maximum atomic E-state index is 13.8. The van der Waals surface area contributed by atoms with Gasteiger partial charge >= 0.3 is 6.09 Å². The molecule has 3 rings (SSSR count). The molecule has 49 heavy (non-hydrogen) atoms. The SMILES string of the molecule is CC(C)C[C@H](NC(=O)[C@H](NC(=O)[C@@H](Cc1ccc(OCc2ccccc2)cc1)NC(=O)OC(C)(C)C)C(C)C)C(=O)N1CCC[C@H]1C(N)=O. The molecule has 268 valence electrons. The Morgan fingerprint density at radius 3 is 2.08 bits per heavy atom. The highest BCUT2D eigenvalue weighted by molar-refractivity contribution is 5.95. The smallest absolute Gasteiger partial charge is 0.408 e. The molecule has 0 radical (unpaired) electrons. The number of primary amides is 1. The second-order valence-electron chi connectivity index (χ2n) is 14.3. The molecule has 5 amide bonds. The summed E-state index contributed by atoms with van der Waals surface area (Å²) in [5.74, 6) is -1.77. The fourth-order valence-electron chi connectivity index (χ4n) is 5.63. The summed E-state index contributed by atoms with van der Waals surface area (Å²) in [7, 11) is 0. The van der Waals surface area contributed by atoms with Crippen molar-refractivity contribution in [3.8, 4) is 5.75 Å². The minimum absolute atomic E-state index is 0.0495. The number of benzene rings is 2. The van der Waals surface area contributed by atoms with Gasteiger partial charge in [0.2, 0.25) is 23.6 Å². The van der Waals surface area contributed by atoms with Crippen LogP contribution in [0.2, 0.25) is 0 Å². The Balaban J connectivity index is 1.76. The summed E-state index contributed by atoms with van der Waals surface area (Å²) < 4.78 is 11.3. The third kappa shape index (κ3) is 12.4. The van der Waals surface area contributed by atoms with Gasteiger partial charge in [-0.2, -0.15) is 0 Å². The van der Waals surface area contributed by atoms with E-state index >= 15 is 0 Å². The largest absolute Gasteiger partial charge is 0.489 e. The van der Waals surface area contributed by atoms with Crippen LogP contribution in [0.1, 0.15) is 78.9 Å². The van der Waals surface area contributed by atoms with Crippen molar-refractivity contribution in [3.05, 3.63) is 65.7 Å². The van der Waals surface area contributed by atoms with Crippen LogP contribution < -0.4 is 26.4 Å². The van der Waals surface area contributed by atoms with Gasteiger partial charge in [-0.05, 0) is 75.1 Å². The second-order valence-corrected chi connectivity index (χ2v) is 14.3. The molecule has 2 aromatic carbocycles. The van der Waals surface area contributed by atoms with Crippen LogP contribution in [0.3, 0.4) is 0 Å². The molecule has 12 nitrogen and oxygen atoms in total. The summed E-state index contributed by atoms with van der Waals surface area (Å²) in [5.41, 5.74) is 6.52. The first kappa shape index (κ1) is 38.8. The lowest BCUT2D eigenvalue weighted by Gasteiger charge is -2.31. The molecule has 0 spiro atoms. The van der Waals surface area contributed by atoms with Gasteiger partial charge in [-0.25, -0.2) is 4.79 Å². The molecule has 1 fully saturated rings. The highest BCUT2D eigenvalue weighted by Crippen LogP contribution is 2.21. The van der Waals surface area contributed by atoms with Crippen molar-refractivity contribution in [3.63, 3.8) is 0 Å². The molecular weight excluding hydrogens is 626 g/mol. The van der Waals surface area contributed by atoms with Gasteiger partial charge in [-0.3, -0.25) is 19.2 Å². The van der Waals surface area contributed by atoms with Crippen molar-refractivity contribution < 1.29 is 33.4 Å². The lowest BCUT2D eigenvalue weighted by atomic mass is 9.98. The number of nitrogens with one attached hydrogen (secondary N) is 3. The molecule has 1 heterocycles. The van der Waals surface area contributed by atoms with Crippen LogP contribution in [-0.2, 0) is 36.9 Å². The fourth-order valence-corrected chi connectivity index (χ4v) is 5.63. The van der Waals surface area contributed by atoms with Gasteiger partial charge in [0.05, 0.1) is 0 Å². The molecule has 0 aromatic heterocycles. The van der Waals surface area contributed by atoms with Crippen LogP contribution in [0.5, 0.6) is 5.75 Å². The van der Waals surface area contributed by atoms with E-state index in [1.807, 2.05) is 56.3 Å². The number of amides is 5. The van der Waals surface area contributed by atoms with E-state index in [2.05, 4.69) is 16.0 Å². The summed E-state index contributed by atoms with van der Waals surface area (Å²) in [4.78, 5) is 67.4. The van der Waals surface area contributed by atoms with E-state index in [9.17, 15) is 24.0 Å². The number of nitrogens with two attached hydrogens (primary N) is 1. The first-order valence-electron chi connectivity index (χ1n) is 17.0. The number of alkyl carbamates (subject to hydrolysis) is 1. The molecule has 0 saturated carbocycles. The minimum atomic E-state index is -1.09. The predicted molar refractivity (Wildman–Crippen MR) is 186 cm³/mol. The number of nitrogens with zero attached hydrogens (tertiary/aromatic N) is 1. The monoisotopic (exact) mass is 679 g/mol. The Kier molecular flexibility index (Phi) is 14.0. The van der Waals surface area contributed by atoms with Crippen LogP contribution in [0, 0.1) is 11.8 Å². The van der Waals surface area contributed by atoms with Gasteiger partial charge in [-0.1, -0.05) is 70.2 Å². The maximum absolute atomic E-state index is 13.8. The molecule has 0 unspecified atom stereocenters. The van der Waals surface area contributed by atoms with Crippen molar-refractivity contribution in [2.45, 2.75) is 111 Å². The van der Waals surface area contributed by atoms with Gasteiger partial charge in [-0.15, -0.1) is 0 Å². The molecule has 12 heteroatoms. The molecule has 0 aliphatic carbocycles. The third-order valence-electron chi connectivity index (χ3n) is 8.05. The van der Waals surface area contributed by atoms with Crippen LogP contribution in [0.25, 0.3) is 0 Å². The first-order chi connectivity index (χ1) is 23.0. The molecule has 1 aliphatic heterocycles. The standard InChI is InChI=1S/C37H53N5O7/c1-23(2)20-29(35(46)42-19-11-14-30(42)32(38)43)39-34(45)31(24(3)4)41-33(44)28(40-36(47)49-37(5,6)7)21-25-15-17-27(18-16-25)48-22-26-12-9-8-10-13-26/h8-10,12-13,15-18,23-24,28-31H,11,14,19-22H2,1-7H3,(H2,38,43)(H,39,45)(H,40,47)(H,41,44)/t28-,29+,30+,31-/m1/s1. The van der Waals surface area contributed by atoms with Crippen molar-refractivity contribution in [2.24, 2.45) is 17.6 Å². The number of carbonyl (C=O) groups is 5. The zero-order valence-corrected chi connectivity index (χ0v) is 29.8. The predicted octanol–water partition coefficient (Wildman–Crippen LogP) is 3.85. The van der Waals surface area contributed by atoms with E-state index in [1.54, 1.807) is 46.8 Å². The summed E-state index contributed by atoms with van der Waals surface area (Å²) in [5, 5.41) is 8.31. The Labute approximate surface area is 289 Å². The summed E-state index contributed by atoms with van der Waals surface area (Å²) >= 11 is 0. The minimum Gasteiger partial charge on any atom is -0.489 e. The quantitative estimate of drug-likeness (QED) is 0.222. The molecule has 0 bridgehead atoms. The molecule has 4 atom stereocenters. The van der Waals surface area contributed by atoms with E-state index in [4.69, 9.17) is 15.2 Å². The summed E-state index contributed by atoms with van der Waals surface area (Å²) in [6.07, 6.45) is 0.775. The van der Waals surface area contributed by atoms with E-state index in [0.717, 1.165) is 11.1 Å². The Hall–Kier alpha value is -4.61. The number of hydrogen-bond donors (Lipinski definition) is 4. The lowest BCUT2D eigenvalue weighted by molar-refractivity contribution is -0.141. The number of rotatable bonds is 15. The number of likely N-dealkylation sites (tertiary alicyclic amines) is 1. The molecular formula is C37H53N5O7. The van der Waals surface area contributed by atoms with Gasteiger partial charge in [0.15, 0.2) is 0 Å². The maximum Gasteiger partial charge on any atom is 0.408 e. The van der Waals surface area contributed by atoms with Gasteiger partial charge < -0.3 is 36.1 Å². The van der Waals surface area contributed by atoms with Gasteiger partial charge in [0.25, 0.3) is 0 Å². The van der Waals surface area contributed by atoms with Crippen LogP contribution in [-0.4, -0.2) is 70.9 Å². The van der Waals surface area contributed by atoms with Crippen LogP contribution in [0.15, 0.2) is 54.6 Å². The number of ether oxygens (including phenoxy) is 2. The normalized spacial score (nSPS) is 16.4. The van der Waals surface area contributed by atoms with E-state index in [0.29, 0.717) is 38.2 Å². The molecule has 5 N–H and O–H groups in total. The molecule has 2 aromatic rings. The highest BCUT2D eigenvalue weighted by atomic mass is 16.6.